The summed E-state index contributed by atoms with van der Waals surface area (Å²) in [6.07, 6.45) is -1.72. The van der Waals surface area contributed by atoms with Crippen LogP contribution in [0, 0.1) is 5.92 Å². The molecule has 0 aliphatic heterocycles. The maximum absolute atomic E-state index is 14.8. The molecule has 4 aromatic rings. The van der Waals surface area contributed by atoms with Crippen LogP contribution in [0.4, 0.5) is 0 Å². The van der Waals surface area contributed by atoms with Crippen LogP contribution in [0.15, 0.2) is 109 Å². The van der Waals surface area contributed by atoms with Crippen LogP contribution in [0.2, 0.25) is 18.1 Å². The molecule has 54 heavy (non-hydrogen) atoms. The van der Waals surface area contributed by atoms with Gasteiger partial charge in [0.15, 0.2) is 8.32 Å². The average molecular weight is 777 g/mol. The summed E-state index contributed by atoms with van der Waals surface area (Å²) >= 11 is 0. The van der Waals surface area contributed by atoms with Gasteiger partial charge in [-0.2, -0.15) is 0 Å². The molecule has 0 amide bonds. The fourth-order valence-electron chi connectivity index (χ4n) is 5.10. The van der Waals surface area contributed by atoms with Crippen molar-refractivity contribution in [2.75, 3.05) is 20.4 Å². The molecule has 0 aromatic heterocycles. The highest BCUT2D eigenvalue weighted by Crippen LogP contribution is 2.52. The van der Waals surface area contributed by atoms with Gasteiger partial charge in [-0.25, -0.2) is 4.79 Å². The van der Waals surface area contributed by atoms with Crippen LogP contribution in [0.5, 0.6) is 11.5 Å². The molecule has 0 saturated heterocycles. The Kier molecular flexibility index (Phi) is 15.7. The maximum Gasteiger partial charge on any atom is 0.334 e. The molecule has 0 radical (unpaired) electrons. The minimum atomic E-state index is -4.03. The van der Waals surface area contributed by atoms with Gasteiger partial charge in [-0.1, -0.05) is 106 Å². The molecule has 0 bridgehead atoms. The second-order valence-electron chi connectivity index (χ2n) is 14.5. The number of ether oxygens (including phenoxy) is 4. The van der Waals surface area contributed by atoms with E-state index in [0.29, 0.717) is 11.5 Å². The van der Waals surface area contributed by atoms with Gasteiger partial charge in [0, 0.05) is 0 Å². The van der Waals surface area contributed by atoms with E-state index < -0.39 is 39.9 Å². The van der Waals surface area contributed by atoms with Crippen molar-refractivity contribution in [3.63, 3.8) is 0 Å². The van der Waals surface area contributed by atoms with Crippen molar-refractivity contribution in [3.05, 3.63) is 131 Å². The van der Waals surface area contributed by atoms with Gasteiger partial charge in [0.1, 0.15) is 30.8 Å². The first-order valence-electron chi connectivity index (χ1n) is 17.9. The minimum absolute atomic E-state index is 0.0195. The smallest absolute Gasteiger partial charge is 0.334 e. The van der Waals surface area contributed by atoms with Crippen molar-refractivity contribution in [2.45, 2.75) is 77.9 Å². The standard InChI is InChI=1S/C42H53O10PSi/c1-42(2,3)54(6,7)52-39(41(44)49-28-35-20-24-38(47-5)25-21-35)26-36(40(43)48-27-34-18-22-37(46-4)23-19-34)31-53(45,50-29-32-14-10-8-11-15-32)51-30-33-16-12-9-13-17-33/h8-25,36,39H,26-31H2,1-7H3. The highest BCUT2D eigenvalue weighted by molar-refractivity contribution is 7.53. The van der Waals surface area contributed by atoms with E-state index in [9.17, 15) is 14.2 Å². The fraction of sp³-hybridized carbons (Fsp3) is 0.381. The second kappa shape index (κ2) is 19.9. The van der Waals surface area contributed by atoms with Crippen molar-refractivity contribution in [2.24, 2.45) is 5.92 Å². The molecule has 0 spiro atoms. The predicted molar refractivity (Wildman–Crippen MR) is 211 cm³/mol. The molecule has 0 heterocycles. The van der Waals surface area contributed by atoms with Gasteiger partial charge < -0.3 is 32.4 Å². The molecule has 4 aromatic carbocycles. The highest BCUT2D eigenvalue weighted by Gasteiger charge is 2.44. The summed E-state index contributed by atoms with van der Waals surface area (Å²) in [5.41, 5.74) is 3.03. The lowest BCUT2D eigenvalue weighted by Crippen LogP contribution is -2.47. The van der Waals surface area contributed by atoms with E-state index in [2.05, 4.69) is 20.8 Å². The molecule has 0 fully saturated rings. The molecule has 4 rings (SSSR count). The van der Waals surface area contributed by atoms with Crippen molar-refractivity contribution in [1.29, 1.82) is 0 Å². The van der Waals surface area contributed by atoms with Crippen LogP contribution < -0.4 is 9.47 Å². The van der Waals surface area contributed by atoms with Gasteiger partial charge >= 0.3 is 19.5 Å². The van der Waals surface area contributed by atoms with Crippen molar-refractivity contribution in [1.82, 2.24) is 0 Å². The van der Waals surface area contributed by atoms with Crippen LogP contribution in [-0.4, -0.2) is 46.7 Å². The number of benzene rings is 4. The minimum Gasteiger partial charge on any atom is -0.497 e. The van der Waals surface area contributed by atoms with E-state index in [4.69, 9.17) is 32.4 Å². The van der Waals surface area contributed by atoms with Gasteiger partial charge in [0.05, 0.1) is 39.5 Å². The summed E-state index contributed by atoms with van der Waals surface area (Å²) in [4.78, 5) is 28.1. The number of carbonyl (C=O) groups is 2. The quantitative estimate of drug-likeness (QED) is 0.0488. The zero-order valence-corrected chi connectivity index (χ0v) is 34.2. The Labute approximate surface area is 320 Å². The van der Waals surface area contributed by atoms with Crippen molar-refractivity contribution in [3.8, 4) is 11.5 Å². The largest absolute Gasteiger partial charge is 0.497 e. The van der Waals surface area contributed by atoms with Gasteiger partial charge in [0.25, 0.3) is 0 Å². The van der Waals surface area contributed by atoms with Crippen LogP contribution in [0.3, 0.4) is 0 Å². The lowest BCUT2D eigenvalue weighted by molar-refractivity contribution is -0.157. The monoisotopic (exact) mass is 776 g/mol. The fourth-order valence-corrected chi connectivity index (χ4v) is 8.17. The average Bonchev–Trinajstić information content (AvgIpc) is 3.17. The van der Waals surface area contributed by atoms with Gasteiger partial charge in [0.2, 0.25) is 0 Å². The van der Waals surface area contributed by atoms with Crippen molar-refractivity contribution < 1.29 is 46.6 Å². The van der Waals surface area contributed by atoms with E-state index in [1.807, 2.05) is 73.8 Å². The molecule has 10 nitrogen and oxygen atoms in total. The van der Waals surface area contributed by atoms with Crippen molar-refractivity contribution >= 4 is 27.9 Å². The van der Waals surface area contributed by atoms with E-state index in [1.165, 1.54) is 0 Å². The first-order chi connectivity index (χ1) is 25.7. The molecular weight excluding hydrogens is 724 g/mol. The molecule has 0 aliphatic rings. The maximum atomic E-state index is 14.8. The van der Waals surface area contributed by atoms with Gasteiger partial charge in [-0.05, 0) is 71.1 Å². The molecule has 12 heteroatoms. The Bertz CT molecular complexity index is 1750. The first-order valence-corrected chi connectivity index (χ1v) is 22.6. The van der Waals surface area contributed by atoms with E-state index in [1.54, 1.807) is 62.8 Å². The molecule has 290 valence electrons. The number of esters is 2. The third-order valence-electron chi connectivity index (χ3n) is 9.40. The third kappa shape index (κ3) is 13.2. The Balaban J connectivity index is 1.66. The summed E-state index contributed by atoms with van der Waals surface area (Å²) in [6, 6.07) is 32.9. The molecule has 2 atom stereocenters. The Morgan fingerprint density at radius 3 is 1.43 bits per heavy atom. The Morgan fingerprint density at radius 1 is 0.611 bits per heavy atom. The third-order valence-corrected chi connectivity index (χ3v) is 15.8. The lowest BCUT2D eigenvalue weighted by atomic mass is 10.0. The Morgan fingerprint density at radius 2 is 1.02 bits per heavy atom. The summed E-state index contributed by atoms with van der Waals surface area (Å²) in [5.74, 6) is -1.12. The van der Waals surface area contributed by atoms with Crippen LogP contribution in [-0.2, 0) is 63.5 Å². The van der Waals surface area contributed by atoms with Crippen LogP contribution in [0.1, 0.15) is 49.4 Å². The number of hydrogen-bond donors (Lipinski definition) is 0. The van der Waals surface area contributed by atoms with E-state index >= 15 is 0 Å². The van der Waals surface area contributed by atoms with Gasteiger partial charge in [-0.3, -0.25) is 9.36 Å². The lowest BCUT2D eigenvalue weighted by Gasteiger charge is -2.39. The second-order valence-corrected chi connectivity index (χ2v) is 21.4. The summed E-state index contributed by atoms with van der Waals surface area (Å²) in [6.45, 7) is 10.1. The molecular formula is C42H53O10PSi. The predicted octanol–water partition coefficient (Wildman–Crippen LogP) is 9.51. The first kappa shape index (κ1) is 42.5. The van der Waals surface area contributed by atoms with Crippen LogP contribution in [0.25, 0.3) is 0 Å². The SMILES string of the molecule is COc1ccc(COC(=O)C(CC(O[Si](C)(C)C(C)(C)C)C(=O)OCc2ccc(OC)cc2)CP(=O)(OCc2ccccc2)OCc2ccccc2)cc1. The topological polar surface area (TPSA) is 116 Å². The number of methoxy groups -OCH3 is 2. The summed E-state index contributed by atoms with van der Waals surface area (Å²) in [5, 5.41) is -0.279. The zero-order chi connectivity index (χ0) is 39.2. The number of hydrogen-bond acceptors (Lipinski definition) is 10. The van der Waals surface area contributed by atoms with Gasteiger partial charge in [-0.15, -0.1) is 0 Å². The molecule has 0 N–H and O–H groups in total. The number of rotatable bonds is 20. The summed E-state index contributed by atoms with van der Waals surface area (Å²) in [7, 11) is -3.51. The molecule has 0 saturated carbocycles. The summed E-state index contributed by atoms with van der Waals surface area (Å²) < 4.78 is 55.8. The molecule has 0 aliphatic carbocycles. The molecule has 2 unspecified atom stereocenters. The zero-order valence-electron chi connectivity index (χ0n) is 32.3. The Hall–Kier alpha value is -4.25. The van der Waals surface area contributed by atoms with E-state index in [-0.39, 0.29) is 44.0 Å². The highest BCUT2D eigenvalue weighted by atomic mass is 31.2. The van der Waals surface area contributed by atoms with E-state index in [0.717, 1.165) is 22.3 Å². The number of carbonyl (C=O) groups excluding carboxylic acids is 2. The normalized spacial score (nSPS) is 13.1. The van der Waals surface area contributed by atoms with Crippen LogP contribution >= 0.6 is 7.60 Å².